The van der Waals surface area contributed by atoms with E-state index in [2.05, 4.69) is 27.5 Å². The van der Waals surface area contributed by atoms with Gasteiger partial charge in [0.05, 0.1) is 23.5 Å². The third-order valence-corrected chi connectivity index (χ3v) is 6.94. The van der Waals surface area contributed by atoms with Crippen molar-refractivity contribution in [2.75, 3.05) is 11.5 Å². The fourth-order valence-corrected chi connectivity index (χ4v) is 5.74. The van der Waals surface area contributed by atoms with Gasteiger partial charge in [0.2, 0.25) is 0 Å². The minimum atomic E-state index is 0.924. The molecule has 136 valence electrons. The van der Waals surface area contributed by atoms with Gasteiger partial charge in [-0.2, -0.15) is 17.5 Å². The average molecular weight is 431 g/mol. The molecule has 0 bridgehead atoms. The summed E-state index contributed by atoms with van der Waals surface area (Å²) < 4.78 is 17.7. The molecule has 4 heterocycles. The van der Waals surface area contributed by atoms with Gasteiger partial charge in [0, 0.05) is 47.4 Å². The molecule has 0 radical (unpaired) electrons. The summed E-state index contributed by atoms with van der Waals surface area (Å²) in [7, 11) is 0. The van der Waals surface area contributed by atoms with Crippen molar-refractivity contribution in [1.82, 2.24) is 27.5 Å². The van der Waals surface area contributed by atoms with E-state index in [9.17, 15) is 0 Å². The monoisotopic (exact) mass is 430 g/mol. The molecule has 0 aliphatic rings. The molecular formula is C17H14N6S4. The smallest absolute Gasteiger partial charge is 0.138 e. The van der Waals surface area contributed by atoms with Crippen LogP contribution in [0.15, 0.2) is 59.1 Å². The summed E-state index contributed by atoms with van der Waals surface area (Å²) in [6, 6.07) is 7.86. The molecule has 0 amide bonds. The van der Waals surface area contributed by atoms with Crippen LogP contribution in [-0.4, -0.2) is 39.0 Å². The van der Waals surface area contributed by atoms with Crippen LogP contribution >= 0.6 is 47.0 Å². The third-order valence-electron chi connectivity index (χ3n) is 3.55. The lowest BCUT2D eigenvalue weighted by Gasteiger charge is -2.02. The largest absolute Gasteiger partial charge is 0.264 e. The van der Waals surface area contributed by atoms with Gasteiger partial charge in [-0.1, -0.05) is 0 Å². The highest BCUT2D eigenvalue weighted by Gasteiger charge is 2.13. The number of nitrogens with zero attached hydrogens (tertiary/aromatic N) is 6. The summed E-state index contributed by atoms with van der Waals surface area (Å²) >= 11 is 5.97. The van der Waals surface area contributed by atoms with E-state index in [0.717, 1.165) is 50.5 Å². The van der Waals surface area contributed by atoms with Crippen LogP contribution in [0.2, 0.25) is 0 Å². The second kappa shape index (κ2) is 9.36. The standard InChI is InChI=1S/C17H14N6S4/c1-4-12(10-18-6-1)14-16(22-26-20-14)24-8-3-9-25-17-15(21-27-23-17)13-5-2-7-19-11-13/h1-2,4-7,10-11H,3,8-9H2. The molecule has 0 atom stereocenters. The Morgan fingerprint density at radius 3 is 1.67 bits per heavy atom. The van der Waals surface area contributed by atoms with Gasteiger partial charge < -0.3 is 0 Å². The molecule has 0 saturated carbocycles. The number of pyridine rings is 2. The summed E-state index contributed by atoms with van der Waals surface area (Å²) in [4.78, 5) is 8.32. The van der Waals surface area contributed by atoms with E-state index in [0.29, 0.717) is 0 Å². The van der Waals surface area contributed by atoms with Crippen molar-refractivity contribution in [3.63, 3.8) is 0 Å². The molecule has 10 heteroatoms. The molecule has 0 N–H and O–H groups in total. The highest BCUT2D eigenvalue weighted by molar-refractivity contribution is 8.00. The van der Waals surface area contributed by atoms with E-state index in [1.165, 1.54) is 23.5 Å². The quantitative estimate of drug-likeness (QED) is 0.292. The normalized spacial score (nSPS) is 11.0. The van der Waals surface area contributed by atoms with Crippen molar-refractivity contribution in [3.05, 3.63) is 49.1 Å². The van der Waals surface area contributed by atoms with Crippen molar-refractivity contribution < 1.29 is 0 Å². The lowest BCUT2D eigenvalue weighted by atomic mass is 10.2. The Balaban J connectivity index is 1.29. The van der Waals surface area contributed by atoms with E-state index in [4.69, 9.17) is 0 Å². The first-order chi connectivity index (χ1) is 13.4. The summed E-state index contributed by atoms with van der Waals surface area (Å²) in [6.07, 6.45) is 8.22. The molecule has 6 nitrogen and oxygen atoms in total. The zero-order valence-corrected chi connectivity index (χ0v) is 17.3. The second-order valence-electron chi connectivity index (χ2n) is 5.37. The van der Waals surface area contributed by atoms with Crippen LogP contribution in [0, 0.1) is 0 Å². The predicted octanol–water partition coefficient (Wildman–Crippen LogP) is 4.79. The molecule has 0 unspecified atom stereocenters. The molecule has 0 aromatic carbocycles. The van der Waals surface area contributed by atoms with Crippen molar-refractivity contribution in [2.24, 2.45) is 0 Å². The Hall–Kier alpha value is -1.88. The Morgan fingerprint density at radius 2 is 1.22 bits per heavy atom. The Morgan fingerprint density at radius 1 is 0.704 bits per heavy atom. The average Bonchev–Trinajstić information content (AvgIpc) is 3.38. The first kappa shape index (κ1) is 18.5. The van der Waals surface area contributed by atoms with E-state index in [1.54, 1.807) is 35.9 Å². The molecule has 4 aromatic heterocycles. The van der Waals surface area contributed by atoms with Gasteiger partial charge in [-0.25, -0.2) is 0 Å². The van der Waals surface area contributed by atoms with Crippen molar-refractivity contribution in [1.29, 1.82) is 0 Å². The first-order valence-corrected chi connectivity index (χ1v) is 11.6. The maximum Gasteiger partial charge on any atom is 0.138 e. The molecule has 0 saturated heterocycles. The number of hydrogen-bond acceptors (Lipinski definition) is 10. The number of hydrogen-bond donors (Lipinski definition) is 0. The van der Waals surface area contributed by atoms with Gasteiger partial charge in [0.1, 0.15) is 21.4 Å². The number of aromatic nitrogens is 6. The van der Waals surface area contributed by atoms with Crippen LogP contribution < -0.4 is 0 Å². The lowest BCUT2D eigenvalue weighted by Crippen LogP contribution is -1.88. The van der Waals surface area contributed by atoms with Crippen LogP contribution in [0.5, 0.6) is 0 Å². The molecule has 4 aromatic rings. The fourth-order valence-electron chi connectivity index (χ4n) is 2.31. The van der Waals surface area contributed by atoms with E-state index >= 15 is 0 Å². The first-order valence-electron chi connectivity index (χ1n) is 8.13. The maximum absolute atomic E-state index is 4.43. The van der Waals surface area contributed by atoms with Crippen molar-refractivity contribution in [2.45, 2.75) is 16.5 Å². The van der Waals surface area contributed by atoms with E-state index in [-0.39, 0.29) is 0 Å². The maximum atomic E-state index is 4.43. The molecule has 4 rings (SSSR count). The number of rotatable bonds is 8. The van der Waals surface area contributed by atoms with Gasteiger partial charge >= 0.3 is 0 Å². The van der Waals surface area contributed by atoms with Gasteiger partial charge in [-0.3, -0.25) is 9.97 Å². The van der Waals surface area contributed by atoms with Gasteiger partial charge in [-0.05, 0) is 30.7 Å². The van der Waals surface area contributed by atoms with Crippen LogP contribution in [0.1, 0.15) is 6.42 Å². The molecule has 0 spiro atoms. The summed E-state index contributed by atoms with van der Waals surface area (Å²) in [5.74, 6) is 1.96. The highest BCUT2D eigenvalue weighted by atomic mass is 32.2. The predicted molar refractivity (Wildman–Crippen MR) is 112 cm³/mol. The van der Waals surface area contributed by atoms with E-state index in [1.807, 2.05) is 36.7 Å². The minimum Gasteiger partial charge on any atom is -0.264 e. The van der Waals surface area contributed by atoms with Crippen LogP contribution in [0.3, 0.4) is 0 Å². The summed E-state index contributed by atoms with van der Waals surface area (Å²) in [6.45, 7) is 0. The molecule has 27 heavy (non-hydrogen) atoms. The van der Waals surface area contributed by atoms with Crippen LogP contribution in [-0.2, 0) is 0 Å². The lowest BCUT2D eigenvalue weighted by molar-refractivity contribution is 1.11. The van der Waals surface area contributed by atoms with Gasteiger partial charge in [0.25, 0.3) is 0 Å². The molecule has 0 aliphatic heterocycles. The third kappa shape index (κ3) is 4.70. The van der Waals surface area contributed by atoms with E-state index < -0.39 is 0 Å². The zero-order chi connectivity index (χ0) is 18.3. The highest BCUT2D eigenvalue weighted by Crippen LogP contribution is 2.32. The summed E-state index contributed by atoms with van der Waals surface area (Å²) in [5, 5.41) is 1.95. The Labute approximate surface area is 173 Å². The van der Waals surface area contributed by atoms with Crippen molar-refractivity contribution >= 4 is 47.0 Å². The summed E-state index contributed by atoms with van der Waals surface area (Å²) in [5.41, 5.74) is 3.87. The molecule has 0 fully saturated rings. The topological polar surface area (TPSA) is 77.3 Å². The second-order valence-corrected chi connectivity index (χ2v) is 8.59. The molecular weight excluding hydrogens is 416 g/mol. The number of thioether (sulfide) groups is 2. The Kier molecular flexibility index (Phi) is 6.40. The molecule has 0 aliphatic carbocycles. The Bertz CT molecular complexity index is 894. The van der Waals surface area contributed by atoms with Crippen LogP contribution in [0.4, 0.5) is 0 Å². The fraction of sp³-hybridized carbons (Fsp3) is 0.176. The SMILES string of the molecule is c1cncc(-c2nsnc2SCCCSc2nsnc2-c2cccnc2)c1. The van der Waals surface area contributed by atoms with Gasteiger partial charge in [0.15, 0.2) is 0 Å². The van der Waals surface area contributed by atoms with Gasteiger partial charge in [-0.15, -0.1) is 23.5 Å². The minimum absolute atomic E-state index is 0.924. The van der Waals surface area contributed by atoms with Crippen molar-refractivity contribution in [3.8, 4) is 22.5 Å². The zero-order valence-electron chi connectivity index (χ0n) is 14.1. The van der Waals surface area contributed by atoms with Crippen LogP contribution in [0.25, 0.3) is 22.5 Å².